The van der Waals surface area contributed by atoms with Crippen LogP contribution in [-0.2, 0) is 12.0 Å². The Bertz CT molecular complexity index is 400. The van der Waals surface area contributed by atoms with Crippen LogP contribution < -0.4 is 5.32 Å². The average molecular weight is 233 g/mol. The van der Waals surface area contributed by atoms with Crippen molar-refractivity contribution in [3.63, 3.8) is 0 Å². The maximum atomic E-state index is 4.65. The van der Waals surface area contributed by atoms with E-state index in [0.29, 0.717) is 6.04 Å². The highest BCUT2D eigenvalue weighted by Gasteiger charge is 2.40. The molecule has 1 fully saturated rings. The van der Waals surface area contributed by atoms with Gasteiger partial charge >= 0.3 is 0 Å². The lowest BCUT2D eigenvalue weighted by Gasteiger charge is -2.42. The summed E-state index contributed by atoms with van der Waals surface area (Å²) in [6.45, 7) is 5.61. The molecule has 2 aliphatic rings. The third-order valence-electron chi connectivity index (χ3n) is 4.41. The third-order valence-corrected chi connectivity index (χ3v) is 4.41. The van der Waals surface area contributed by atoms with Gasteiger partial charge in [-0.1, -0.05) is 19.3 Å². The lowest BCUT2D eigenvalue weighted by molar-refractivity contribution is 0.206. The van der Waals surface area contributed by atoms with Gasteiger partial charge in [0.1, 0.15) is 0 Å². The van der Waals surface area contributed by atoms with E-state index in [4.69, 9.17) is 0 Å². The highest BCUT2D eigenvalue weighted by atomic mass is 15.2. The van der Waals surface area contributed by atoms with Crippen molar-refractivity contribution in [2.24, 2.45) is 0 Å². The molecule has 0 aromatic carbocycles. The fourth-order valence-corrected chi connectivity index (χ4v) is 3.57. The predicted octanol–water partition coefficient (Wildman–Crippen LogP) is 2.77. The molecule has 0 unspecified atom stereocenters. The molecule has 0 radical (unpaired) electrons. The standard InChI is InChI=1S/C14H23N3/c1-11(2)17-10-15-12-6-9-16-14(13(12)17)7-4-3-5-8-14/h10-11,16H,3-9H2,1-2H3. The largest absolute Gasteiger partial charge is 0.330 e. The van der Waals surface area contributed by atoms with E-state index in [1.807, 2.05) is 0 Å². The molecule has 0 amide bonds. The van der Waals surface area contributed by atoms with Crippen LogP contribution in [0.1, 0.15) is 63.4 Å². The van der Waals surface area contributed by atoms with E-state index in [9.17, 15) is 0 Å². The Hall–Kier alpha value is -0.830. The van der Waals surface area contributed by atoms with Crippen molar-refractivity contribution in [3.05, 3.63) is 17.7 Å². The topological polar surface area (TPSA) is 29.9 Å². The first-order chi connectivity index (χ1) is 8.23. The molecule has 3 rings (SSSR count). The molecule has 3 heteroatoms. The van der Waals surface area contributed by atoms with Crippen LogP contribution in [0.5, 0.6) is 0 Å². The summed E-state index contributed by atoms with van der Waals surface area (Å²) in [5.74, 6) is 0. The van der Waals surface area contributed by atoms with Gasteiger partial charge in [0, 0.05) is 19.0 Å². The van der Waals surface area contributed by atoms with Gasteiger partial charge in [0.05, 0.1) is 23.3 Å². The number of nitrogens with one attached hydrogen (secondary N) is 1. The molecule has 94 valence electrons. The summed E-state index contributed by atoms with van der Waals surface area (Å²) in [4.78, 5) is 4.65. The second-order valence-electron chi connectivity index (χ2n) is 5.86. The summed E-state index contributed by atoms with van der Waals surface area (Å²) in [5, 5.41) is 3.81. The van der Waals surface area contributed by atoms with Crippen LogP contribution in [0.3, 0.4) is 0 Å². The lowest BCUT2D eigenvalue weighted by atomic mass is 9.76. The molecule has 17 heavy (non-hydrogen) atoms. The van der Waals surface area contributed by atoms with Gasteiger partial charge in [0.15, 0.2) is 0 Å². The number of hydrogen-bond acceptors (Lipinski definition) is 2. The summed E-state index contributed by atoms with van der Waals surface area (Å²) >= 11 is 0. The summed E-state index contributed by atoms with van der Waals surface area (Å²) in [5.41, 5.74) is 3.09. The van der Waals surface area contributed by atoms with E-state index in [2.05, 4.69) is 35.0 Å². The average Bonchev–Trinajstić information content (AvgIpc) is 2.76. The Balaban J connectivity index is 2.07. The minimum Gasteiger partial charge on any atom is -0.330 e. The molecule has 1 N–H and O–H groups in total. The van der Waals surface area contributed by atoms with Gasteiger partial charge in [-0.05, 0) is 26.7 Å². The van der Waals surface area contributed by atoms with E-state index in [1.165, 1.54) is 43.5 Å². The molecule has 1 aromatic heterocycles. The molecule has 2 heterocycles. The molecular weight excluding hydrogens is 210 g/mol. The van der Waals surface area contributed by atoms with Crippen molar-refractivity contribution in [1.29, 1.82) is 0 Å². The highest BCUT2D eigenvalue weighted by Crippen LogP contribution is 2.41. The molecule has 1 spiro atoms. The normalized spacial score (nSPS) is 23.0. The summed E-state index contributed by atoms with van der Waals surface area (Å²) < 4.78 is 2.40. The van der Waals surface area contributed by atoms with Gasteiger partial charge in [-0.25, -0.2) is 4.98 Å². The number of fused-ring (bicyclic) bond motifs is 2. The molecule has 1 aliphatic carbocycles. The van der Waals surface area contributed by atoms with Crippen LogP contribution in [0, 0.1) is 0 Å². The number of hydrogen-bond donors (Lipinski definition) is 1. The first-order valence-electron chi connectivity index (χ1n) is 7.04. The molecule has 0 atom stereocenters. The Morgan fingerprint density at radius 3 is 2.76 bits per heavy atom. The first-order valence-corrected chi connectivity index (χ1v) is 7.04. The summed E-state index contributed by atoms with van der Waals surface area (Å²) in [6, 6.07) is 0.518. The van der Waals surface area contributed by atoms with Crippen molar-refractivity contribution in [2.45, 2.75) is 64.0 Å². The number of aromatic nitrogens is 2. The smallest absolute Gasteiger partial charge is 0.0954 e. The Labute approximate surface area is 104 Å². The van der Waals surface area contributed by atoms with Gasteiger partial charge in [-0.3, -0.25) is 0 Å². The molecular formula is C14H23N3. The van der Waals surface area contributed by atoms with Crippen molar-refractivity contribution in [3.8, 4) is 0 Å². The molecule has 0 saturated heterocycles. The van der Waals surface area contributed by atoms with Crippen molar-refractivity contribution < 1.29 is 0 Å². The van der Waals surface area contributed by atoms with E-state index in [0.717, 1.165) is 13.0 Å². The minimum atomic E-state index is 0.243. The van der Waals surface area contributed by atoms with Crippen molar-refractivity contribution >= 4 is 0 Å². The van der Waals surface area contributed by atoms with Gasteiger partial charge in [0.25, 0.3) is 0 Å². The monoisotopic (exact) mass is 233 g/mol. The second-order valence-corrected chi connectivity index (χ2v) is 5.86. The maximum Gasteiger partial charge on any atom is 0.0954 e. The maximum absolute atomic E-state index is 4.65. The number of rotatable bonds is 1. The third kappa shape index (κ3) is 1.71. The fraction of sp³-hybridized carbons (Fsp3) is 0.786. The molecule has 0 bridgehead atoms. The molecule has 1 aliphatic heterocycles. The lowest BCUT2D eigenvalue weighted by Crippen LogP contribution is -2.49. The zero-order chi connectivity index (χ0) is 11.9. The van der Waals surface area contributed by atoms with E-state index in [1.54, 1.807) is 0 Å². The van der Waals surface area contributed by atoms with E-state index >= 15 is 0 Å². The number of imidazole rings is 1. The minimum absolute atomic E-state index is 0.243. The SMILES string of the molecule is CC(C)n1cnc2c1C1(CCCCC1)NCC2. The zero-order valence-electron chi connectivity index (χ0n) is 11.0. The van der Waals surface area contributed by atoms with Crippen LogP contribution >= 0.6 is 0 Å². The quantitative estimate of drug-likeness (QED) is 0.808. The van der Waals surface area contributed by atoms with Crippen molar-refractivity contribution in [2.75, 3.05) is 6.54 Å². The summed E-state index contributed by atoms with van der Waals surface area (Å²) in [7, 11) is 0. The number of nitrogens with zero attached hydrogens (tertiary/aromatic N) is 2. The second kappa shape index (κ2) is 4.13. The molecule has 1 saturated carbocycles. The van der Waals surface area contributed by atoms with Gasteiger partial charge < -0.3 is 9.88 Å². The Morgan fingerprint density at radius 2 is 2.06 bits per heavy atom. The Morgan fingerprint density at radius 1 is 1.29 bits per heavy atom. The Kier molecular flexibility index (Phi) is 2.74. The zero-order valence-corrected chi connectivity index (χ0v) is 11.0. The van der Waals surface area contributed by atoms with Crippen LogP contribution in [0.2, 0.25) is 0 Å². The van der Waals surface area contributed by atoms with Crippen LogP contribution in [0.4, 0.5) is 0 Å². The molecule has 3 nitrogen and oxygen atoms in total. The van der Waals surface area contributed by atoms with E-state index < -0.39 is 0 Å². The van der Waals surface area contributed by atoms with Crippen LogP contribution in [0.25, 0.3) is 0 Å². The van der Waals surface area contributed by atoms with Gasteiger partial charge in [0.2, 0.25) is 0 Å². The predicted molar refractivity (Wildman–Crippen MR) is 69.1 cm³/mol. The van der Waals surface area contributed by atoms with Gasteiger partial charge in [-0.2, -0.15) is 0 Å². The van der Waals surface area contributed by atoms with E-state index in [-0.39, 0.29) is 5.54 Å². The highest BCUT2D eigenvalue weighted by molar-refractivity contribution is 5.28. The van der Waals surface area contributed by atoms with Crippen molar-refractivity contribution in [1.82, 2.24) is 14.9 Å². The first kappa shape index (κ1) is 11.3. The molecule has 1 aromatic rings. The van der Waals surface area contributed by atoms with Crippen LogP contribution in [-0.4, -0.2) is 16.1 Å². The van der Waals surface area contributed by atoms with Crippen LogP contribution in [0.15, 0.2) is 6.33 Å². The fourth-order valence-electron chi connectivity index (χ4n) is 3.57. The van der Waals surface area contributed by atoms with Gasteiger partial charge in [-0.15, -0.1) is 0 Å². The summed E-state index contributed by atoms with van der Waals surface area (Å²) in [6.07, 6.45) is 9.84.